The number of carbonyl (C=O) groups is 2. The van der Waals surface area contributed by atoms with Crippen LogP contribution in [-0.2, 0) is 0 Å². The van der Waals surface area contributed by atoms with E-state index in [1.165, 1.54) is 0 Å². The van der Waals surface area contributed by atoms with Crippen LogP contribution in [0.1, 0.15) is 20.7 Å². The van der Waals surface area contributed by atoms with Gasteiger partial charge in [0.2, 0.25) is 0 Å². The SMILES string of the molecule is O=C(O)c1ccc(O)c(NC(=O)c2cc(F)cc(F)c2)c1. The molecule has 0 fully saturated rings. The van der Waals surface area contributed by atoms with E-state index >= 15 is 0 Å². The molecule has 0 aliphatic carbocycles. The molecular formula is C14H9F2NO4. The molecule has 0 saturated carbocycles. The Bertz CT molecular complexity index is 711. The molecule has 1 amide bonds. The quantitative estimate of drug-likeness (QED) is 0.759. The fraction of sp³-hybridized carbons (Fsp3) is 0. The van der Waals surface area contributed by atoms with Gasteiger partial charge in [0.25, 0.3) is 5.91 Å². The maximum absolute atomic E-state index is 13.0. The lowest BCUT2D eigenvalue weighted by Crippen LogP contribution is -2.13. The van der Waals surface area contributed by atoms with Crippen molar-refractivity contribution in [3.63, 3.8) is 0 Å². The Labute approximate surface area is 117 Å². The normalized spacial score (nSPS) is 10.2. The Morgan fingerprint density at radius 1 is 0.952 bits per heavy atom. The van der Waals surface area contributed by atoms with Gasteiger partial charge in [-0.25, -0.2) is 13.6 Å². The number of hydrogen-bond acceptors (Lipinski definition) is 3. The molecule has 0 atom stereocenters. The molecule has 21 heavy (non-hydrogen) atoms. The molecule has 2 rings (SSSR count). The zero-order valence-corrected chi connectivity index (χ0v) is 10.4. The molecule has 0 aliphatic rings. The van der Waals surface area contributed by atoms with Crippen LogP contribution in [0.2, 0.25) is 0 Å². The van der Waals surface area contributed by atoms with Crippen LogP contribution < -0.4 is 5.32 Å². The lowest BCUT2D eigenvalue weighted by molar-refractivity contribution is 0.0696. The molecule has 0 saturated heterocycles. The molecule has 2 aromatic rings. The summed E-state index contributed by atoms with van der Waals surface area (Å²) < 4.78 is 26.1. The zero-order chi connectivity index (χ0) is 15.6. The van der Waals surface area contributed by atoms with Crippen molar-refractivity contribution in [1.82, 2.24) is 0 Å². The Kier molecular flexibility index (Phi) is 3.84. The van der Waals surface area contributed by atoms with Crippen LogP contribution in [0.4, 0.5) is 14.5 Å². The first kappa shape index (κ1) is 14.4. The lowest BCUT2D eigenvalue weighted by atomic mass is 10.1. The number of rotatable bonds is 3. The first-order valence-corrected chi connectivity index (χ1v) is 5.70. The van der Waals surface area contributed by atoms with Crippen LogP contribution in [0.25, 0.3) is 0 Å². The third-order valence-corrected chi connectivity index (χ3v) is 2.62. The maximum atomic E-state index is 13.0. The predicted octanol–water partition coefficient (Wildman–Crippen LogP) is 2.62. The monoisotopic (exact) mass is 293 g/mol. The predicted molar refractivity (Wildman–Crippen MR) is 69.4 cm³/mol. The van der Waals surface area contributed by atoms with Crippen molar-refractivity contribution in [2.45, 2.75) is 0 Å². The van der Waals surface area contributed by atoms with Crippen LogP contribution in [0.15, 0.2) is 36.4 Å². The molecule has 0 aliphatic heterocycles. The second-order valence-corrected chi connectivity index (χ2v) is 4.15. The number of anilines is 1. The molecule has 5 nitrogen and oxygen atoms in total. The summed E-state index contributed by atoms with van der Waals surface area (Å²) in [5.41, 5.74) is -0.634. The third kappa shape index (κ3) is 3.33. The molecular weight excluding hydrogens is 284 g/mol. The van der Waals surface area contributed by atoms with Gasteiger partial charge >= 0.3 is 5.97 Å². The molecule has 0 unspecified atom stereocenters. The Balaban J connectivity index is 2.31. The van der Waals surface area contributed by atoms with E-state index in [-0.39, 0.29) is 22.6 Å². The lowest BCUT2D eigenvalue weighted by Gasteiger charge is -2.08. The van der Waals surface area contributed by atoms with Crippen molar-refractivity contribution >= 4 is 17.6 Å². The number of carboxylic acid groups (broad SMARTS) is 1. The minimum absolute atomic E-state index is 0.159. The van der Waals surface area contributed by atoms with Crippen LogP contribution >= 0.6 is 0 Å². The second-order valence-electron chi connectivity index (χ2n) is 4.15. The van der Waals surface area contributed by atoms with Crippen molar-refractivity contribution in [3.8, 4) is 5.75 Å². The number of carbonyl (C=O) groups excluding carboxylic acids is 1. The van der Waals surface area contributed by atoms with Crippen molar-refractivity contribution in [2.24, 2.45) is 0 Å². The first-order valence-electron chi connectivity index (χ1n) is 5.70. The molecule has 7 heteroatoms. The highest BCUT2D eigenvalue weighted by atomic mass is 19.1. The van der Waals surface area contributed by atoms with Crippen LogP contribution in [-0.4, -0.2) is 22.1 Å². The van der Waals surface area contributed by atoms with E-state index in [0.29, 0.717) is 6.07 Å². The minimum atomic E-state index is -1.25. The number of aromatic carboxylic acids is 1. The van der Waals surface area contributed by atoms with Gasteiger partial charge in [-0.05, 0) is 30.3 Å². The first-order chi connectivity index (χ1) is 9.86. The van der Waals surface area contributed by atoms with Gasteiger partial charge in [0, 0.05) is 11.6 Å². The fourth-order valence-electron chi connectivity index (χ4n) is 1.65. The number of aromatic hydroxyl groups is 1. The summed E-state index contributed by atoms with van der Waals surface area (Å²) in [5, 5.41) is 20.6. The van der Waals surface area contributed by atoms with Gasteiger partial charge in [-0.15, -0.1) is 0 Å². The van der Waals surface area contributed by atoms with E-state index in [2.05, 4.69) is 5.32 Å². The molecule has 0 bridgehead atoms. The van der Waals surface area contributed by atoms with Gasteiger partial charge in [0.1, 0.15) is 17.4 Å². The highest BCUT2D eigenvalue weighted by molar-refractivity contribution is 6.05. The summed E-state index contributed by atoms with van der Waals surface area (Å²) in [4.78, 5) is 22.7. The minimum Gasteiger partial charge on any atom is -0.506 e. The molecule has 3 N–H and O–H groups in total. The highest BCUT2D eigenvalue weighted by Gasteiger charge is 2.13. The highest BCUT2D eigenvalue weighted by Crippen LogP contribution is 2.25. The molecule has 108 valence electrons. The van der Waals surface area contributed by atoms with Crippen LogP contribution in [0.5, 0.6) is 5.75 Å². The van der Waals surface area contributed by atoms with Crippen molar-refractivity contribution in [3.05, 3.63) is 59.2 Å². The van der Waals surface area contributed by atoms with Gasteiger partial charge < -0.3 is 15.5 Å². The molecule has 0 radical (unpaired) electrons. The average molecular weight is 293 g/mol. The number of benzene rings is 2. The second kappa shape index (κ2) is 5.58. The van der Waals surface area contributed by atoms with E-state index in [0.717, 1.165) is 30.3 Å². The number of carboxylic acids is 1. The number of nitrogens with one attached hydrogen (secondary N) is 1. The summed E-state index contributed by atoms with van der Waals surface area (Å²) in [7, 11) is 0. The number of phenols is 1. The Morgan fingerprint density at radius 2 is 1.57 bits per heavy atom. The molecule has 2 aromatic carbocycles. The standard InChI is InChI=1S/C14H9F2NO4/c15-9-3-8(4-10(16)6-9)13(19)17-11-5-7(14(20)21)1-2-12(11)18/h1-6,18H,(H,17,19)(H,20,21). The van der Waals surface area contributed by atoms with E-state index in [1.807, 2.05) is 0 Å². The number of phenolic OH excluding ortho intramolecular Hbond substituents is 1. The topological polar surface area (TPSA) is 86.6 Å². The van der Waals surface area contributed by atoms with Crippen molar-refractivity contribution < 1.29 is 28.6 Å². The molecule has 0 heterocycles. The van der Waals surface area contributed by atoms with E-state index in [4.69, 9.17) is 5.11 Å². The van der Waals surface area contributed by atoms with Crippen LogP contribution in [0, 0.1) is 11.6 Å². The van der Waals surface area contributed by atoms with Crippen LogP contribution in [0.3, 0.4) is 0 Å². The summed E-state index contributed by atoms with van der Waals surface area (Å²) >= 11 is 0. The van der Waals surface area contributed by atoms with E-state index < -0.39 is 23.5 Å². The van der Waals surface area contributed by atoms with Gasteiger partial charge in [0.05, 0.1) is 11.3 Å². The average Bonchev–Trinajstić information content (AvgIpc) is 2.39. The summed E-state index contributed by atoms with van der Waals surface area (Å²) in [6, 6.07) is 5.51. The Hall–Kier alpha value is -2.96. The zero-order valence-electron chi connectivity index (χ0n) is 10.4. The van der Waals surface area contributed by atoms with E-state index in [9.17, 15) is 23.5 Å². The van der Waals surface area contributed by atoms with Crippen molar-refractivity contribution in [2.75, 3.05) is 5.32 Å². The Morgan fingerprint density at radius 3 is 2.14 bits per heavy atom. The smallest absolute Gasteiger partial charge is 0.335 e. The number of hydrogen-bond donors (Lipinski definition) is 3. The maximum Gasteiger partial charge on any atom is 0.335 e. The van der Waals surface area contributed by atoms with Gasteiger partial charge in [-0.3, -0.25) is 4.79 Å². The fourth-order valence-corrected chi connectivity index (χ4v) is 1.65. The molecule has 0 aromatic heterocycles. The summed E-state index contributed by atoms with van der Waals surface area (Å²) in [6.45, 7) is 0. The largest absolute Gasteiger partial charge is 0.506 e. The van der Waals surface area contributed by atoms with Gasteiger partial charge in [-0.2, -0.15) is 0 Å². The van der Waals surface area contributed by atoms with Gasteiger partial charge in [0.15, 0.2) is 0 Å². The molecule has 0 spiro atoms. The van der Waals surface area contributed by atoms with E-state index in [1.54, 1.807) is 0 Å². The number of amides is 1. The summed E-state index contributed by atoms with van der Waals surface area (Å²) in [5.74, 6) is -4.36. The number of halogens is 2. The van der Waals surface area contributed by atoms with Crippen molar-refractivity contribution in [1.29, 1.82) is 0 Å². The summed E-state index contributed by atoms with van der Waals surface area (Å²) in [6.07, 6.45) is 0. The van der Waals surface area contributed by atoms with Gasteiger partial charge in [-0.1, -0.05) is 0 Å². The third-order valence-electron chi connectivity index (χ3n) is 2.62.